The first kappa shape index (κ1) is 18.2. The molecule has 1 heterocycles. The van der Waals surface area contributed by atoms with E-state index in [-0.39, 0.29) is 5.91 Å². The van der Waals surface area contributed by atoms with Gasteiger partial charge in [0.1, 0.15) is 11.5 Å². The lowest BCUT2D eigenvalue weighted by molar-refractivity contribution is 0.0947. The molecule has 128 valence electrons. The zero-order valence-corrected chi connectivity index (χ0v) is 14.7. The van der Waals surface area contributed by atoms with E-state index in [0.717, 1.165) is 18.5 Å². The summed E-state index contributed by atoms with van der Waals surface area (Å²) in [5, 5.41) is 6.67. The number of halogens is 1. The van der Waals surface area contributed by atoms with E-state index in [2.05, 4.69) is 25.5 Å². The third-order valence-electron chi connectivity index (χ3n) is 3.37. The van der Waals surface area contributed by atoms with Gasteiger partial charge in [-0.15, -0.1) is 0 Å². The molecule has 0 atom stereocenters. The normalized spacial score (nSPS) is 10.7. The molecule has 0 saturated heterocycles. The maximum absolute atomic E-state index is 12.0. The lowest BCUT2D eigenvalue weighted by Gasteiger charge is -2.10. The Bertz CT molecular complexity index is 660. The molecule has 0 fully saturated rings. The van der Waals surface area contributed by atoms with Gasteiger partial charge in [-0.1, -0.05) is 29.8 Å². The number of hydrogen-bond donors (Lipinski definition) is 2. The highest BCUT2D eigenvalue weighted by atomic mass is 35.5. The Balaban J connectivity index is 1.82. The molecule has 7 heteroatoms. The van der Waals surface area contributed by atoms with Crippen molar-refractivity contribution in [3.8, 4) is 0 Å². The van der Waals surface area contributed by atoms with Crippen LogP contribution in [-0.2, 0) is 6.54 Å². The molecular weight excluding hydrogens is 326 g/mol. The van der Waals surface area contributed by atoms with E-state index in [0.29, 0.717) is 29.6 Å². The van der Waals surface area contributed by atoms with Crippen molar-refractivity contribution in [3.63, 3.8) is 0 Å². The fourth-order valence-electron chi connectivity index (χ4n) is 2.05. The van der Waals surface area contributed by atoms with Crippen LogP contribution in [0.5, 0.6) is 0 Å². The lowest BCUT2D eigenvalue weighted by atomic mass is 10.2. The van der Waals surface area contributed by atoms with Gasteiger partial charge in [0.05, 0.1) is 12.4 Å². The van der Waals surface area contributed by atoms with Gasteiger partial charge in [0.2, 0.25) is 0 Å². The van der Waals surface area contributed by atoms with Crippen LogP contribution < -0.4 is 10.6 Å². The molecule has 0 aliphatic carbocycles. The van der Waals surface area contributed by atoms with Gasteiger partial charge in [-0.3, -0.25) is 4.79 Å². The molecule has 0 spiro atoms. The summed E-state index contributed by atoms with van der Waals surface area (Å²) in [6.45, 7) is 2.09. The predicted molar refractivity (Wildman–Crippen MR) is 96.3 cm³/mol. The van der Waals surface area contributed by atoms with Gasteiger partial charge in [-0.05, 0) is 38.7 Å². The van der Waals surface area contributed by atoms with Crippen molar-refractivity contribution in [2.75, 3.05) is 32.5 Å². The van der Waals surface area contributed by atoms with E-state index in [1.807, 2.05) is 38.4 Å². The summed E-state index contributed by atoms with van der Waals surface area (Å²) in [7, 11) is 4.00. The highest BCUT2D eigenvalue weighted by Gasteiger charge is 2.07. The average Bonchev–Trinajstić information content (AvgIpc) is 2.58. The molecule has 24 heavy (non-hydrogen) atoms. The standard InChI is InChI=1S/C17H22ClN5O/c1-23(2)9-5-8-19-17(24)15-11-22-16(12-20-15)21-10-13-6-3-4-7-14(13)18/h3-4,6-7,11-12H,5,8-10H2,1-2H3,(H,19,24)(H,21,22). The Hall–Kier alpha value is -2.18. The fraction of sp³-hybridized carbons (Fsp3) is 0.353. The second-order valence-electron chi connectivity index (χ2n) is 5.64. The predicted octanol–water partition coefficient (Wildman–Crippen LogP) is 2.42. The third kappa shape index (κ3) is 5.79. The molecule has 0 aliphatic heterocycles. The highest BCUT2D eigenvalue weighted by molar-refractivity contribution is 6.31. The average molecular weight is 348 g/mol. The number of carbonyl (C=O) groups is 1. The Morgan fingerprint density at radius 2 is 2.00 bits per heavy atom. The van der Waals surface area contributed by atoms with Gasteiger partial charge in [0.25, 0.3) is 5.91 Å². The monoisotopic (exact) mass is 347 g/mol. The minimum Gasteiger partial charge on any atom is -0.365 e. The molecule has 0 bridgehead atoms. The second-order valence-corrected chi connectivity index (χ2v) is 6.05. The van der Waals surface area contributed by atoms with E-state index in [1.54, 1.807) is 6.20 Å². The Morgan fingerprint density at radius 1 is 1.21 bits per heavy atom. The first-order valence-electron chi connectivity index (χ1n) is 7.78. The Kier molecular flexibility index (Phi) is 6.96. The Morgan fingerprint density at radius 3 is 2.67 bits per heavy atom. The third-order valence-corrected chi connectivity index (χ3v) is 3.74. The van der Waals surface area contributed by atoms with Crippen LogP contribution in [0.3, 0.4) is 0 Å². The molecule has 1 aromatic carbocycles. The Labute approximate surface area is 147 Å². The van der Waals surface area contributed by atoms with Crippen molar-refractivity contribution in [3.05, 3.63) is 52.9 Å². The van der Waals surface area contributed by atoms with Gasteiger partial charge in [0.15, 0.2) is 0 Å². The molecule has 6 nitrogen and oxygen atoms in total. The van der Waals surface area contributed by atoms with Crippen LogP contribution in [0, 0.1) is 0 Å². The van der Waals surface area contributed by atoms with Crippen LogP contribution in [0.4, 0.5) is 5.82 Å². The van der Waals surface area contributed by atoms with Gasteiger partial charge < -0.3 is 15.5 Å². The second kappa shape index (κ2) is 9.20. The highest BCUT2D eigenvalue weighted by Crippen LogP contribution is 2.16. The molecule has 1 amide bonds. The van der Waals surface area contributed by atoms with Crippen LogP contribution >= 0.6 is 11.6 Å². The number of amides is 1. The number of nitrogens with one attached hydrogen (secondary N) is 2. The van der Waals surface area contributed by atoms with Crippen molar-refractivity contribution in [1.82, 2.24) is 20.2 Å². The van der Waals surface area contributed by atoms with Crippen LogP contribution in [0.25, 0.3) is 0 Å². The summed E-state index contributed by atoms with van der Waals surface area (Å²) >= 11 is 6.11. The maximum atomic E-state index is 12.0. The van der Waals surface area contributed by atoms with Gasteiger partial charge in [-0.2, -0.15) is 0 Å². The minimum absolute atomic E-state index is 0.209. The van der Waals surface area contributed by atoms with Crippen molar-refractivity contribution in [1.29, 1.82) is 0 Å². The zero-order valence-electron chi connectivity index (χ0n) is 13.9. The molecule has 0 saturated carbocycles. The first-order chi connectivity index (χ1) is 11.6. The summed E-state index contributed by atoms with van der Waals surface area (Å²) in [6.07, 6.45) is 3.91. The van der Waals surface area contributed by atoms with E-state index in [9.17, 15) is 4.79 Å². The summed E-state index contributed by atoms with van der Waals surface area (Å²) in [4.78, 5) is 22.4. The number of hydrogen-bond acceptors (Lipinski definition) is 5. The van der Waals surface area contributed by atoms with E-state index >= 15 is 0 Å². The molecule has 1 aromatic heterocycles. The van der Waals surface area contributed by atoms with Crippen molar-refractivity contribution in [2.45, 2.75) is 13.0 Å². The molecule has 0 aliphatic rings. The molecule has 2 N–H and O–H groups in total. The van der Waals surface area contributed by atoms with E-state index in [4.69, 9.17) is 11.6 Å². The summed E-state index contributed by atoms with van der Waals surface area (Å²) in [6, 6.07) is 7.60. The van der Waals surface area contributed by atoms with Gasteiger partial charge >= 0.3 is 0 Å². The van der Waals surface area contributed by atoms with Crippen LogP contribution in [0.1, 0.15) is 22.5 Å². The van der Waals surface area contributed by atoms with Crippen LogP contribution in [-0.4, -0.2) is 48.0 Å². The smallest absolute Gasteiger partial charge is 0.271 e. The molecule has 0 unspecified atom stereocenters. The van der Waals surface area contributed by atoms with E-state index in [1.165, 1.54) is 6.20 Å². The summed E-state index contributed by atoms with van der Waals surface area (Å²) in [5.41, 5.74) is 1.28. The van der Waals surface area contributed by atoms with Crippen LogP contribution in [0.15, 0.2) is 36.7 Å². The largest absolute Gasteiger partial charge is 0.365 e. The zero-order chi connectivity index (χ0) is 17.4. The molecular formula is C17H22ClN5O. The van der Waals surface area contributed by atoms with Gasteiger partial charge in [-0.25, -0.2) is 9.97 Å². The fourth-order valence-corrected chi connectivity index (χ4v) is 2.25. The van der Waals surface area contributed by atoms with Crippen molar-refractivity contribution in [2.24, 2.45) is 0 Å². The minimum atomic E-state index is -0.209. The SMILES string of the molecule is CN(C)CCCNC(=O)c1cnc(NCc2ccccc2Cl)cn1. The van der Waals surface area contributed by atoms with Crippen LogP contribution in [0.2, 0.25) is 5.02 Å². The number of anilines is 1. The van der Waals surface area contributed by atoms with Gasteiger partial charge in [0, 0.05) is 18.1 Å². The number of aromatic nitrogens is 2. The maximum Gasteiger partial charge on any atom is 0.271 e. The number of rotatable bonds is 8. The van der Waals surface area contributed by atoms with Crippen molar-refractivity contribution >= 4 is 23.3 Å². The lowest BCUT2D eigenvalue weighted by Crippen LogP contribution is -2.27. The molecule has 0 radical (unpaired) electrons. The number of carbonyl (C=O) groups excluding carboxylic acids is 1. The molecule has 2 rings (SSSR count). The van der Waals surface area contributed by atoms with Crippen molar-refractivity contribution < 1.29 is 4.79 Å². The number of nitrogens with zero attached hydrogens (tertiary/aromatic N) is 3. The molecule has 2 aromatic rings. The quantitative estimate of drug-likeness (QED) is 0.718. The summed E-state index contributed by atoms with van der Waals surface area (Å²) in [5.74, 6) is 0.387. The summed E-state index contributed by atoms with van der Waals surface area (Å²) < 4.78 is 0. The van der Waals surface area contributed by atoms with E-state index < -0.39 is 0 Å². The topological polar surface area (TPSA) is 70.2 Å². The number of benzene rings is 1. The first-order valence-corrected chi connectivity index (χ1v) is 8.16.